The number of hydrogen-bond acceptors (Lipinski definition) is 14. The Balaban J connectivity index is 0.000000141. The molecule has 0 aliphatic rings. The highest BCUT2D eigenvalue weighted by Crippen LogP contribution is 2.39. The van der Waals surface area contributed by atoms with Crippen LogP contribution in [0.3, 0.4) is 0 Å². The number of pyridine rings is 8. The number of hydrogen-bond donors (Lipinski definition) is 0. The fourth-order valence-corrected chi connectivity index (χ4v) is 13.0. The average molecular weight is 1230 g/mol. The lowest BCUT2D eigenvalue weighted by molar-refractivity contribution is 1.04. The highest BCUT2D eigenvalue weighted by atomic mass is 15.0. The highest BCUT2D eigenvalue weighted by Gasteiger charge is 2.17. The summed E-state index contributed by atoms with van der Waals surface area (Å²) in [7, 11) is 0. The number of nitrogens with zero attached hydrogens (tertiary/aromatic N) is 14. The van der Waals surface area contributed by atoms with Gasteiger partial charge in [0.2, 0.25) is 0 Å². The molecule has 9 aromatic carbocycles. The normalized spacial score (nSPS) is 11.5. The molecule has 0 fully saturated rings. The number of benzene rings is 9. The summed E-state index contributed by atoms with van der Waals surface area (Å²) >= 11 is 0. The summed E-state index contributed by atoms with van der Waals surface area (Å²) in [5, 5.41) is 10.9. The van der Waals surface area contributed by atoms with Crippen LogP contribution in [0.2, 0.25) is 0 Å². The Bertz CT molecular complexity index is 6290. The zero-order valence-electron chi connectivity index (χ0n) is 51.0. The first-order valence-corrected chi connectivity index (χ1v) is 31.3. The Labute approximate surface area is 547 Å². The summed E-state index contributed by atoms with van der Waals surface area (Å²) in [6.07, 6.45) is 11.4. The minimum Gasteiger partial charge on any atom is -0.254 e. The van der Waals surface area contributed by atoms with Crippen molar-refractivity contribution in [2.24, 2.45) is 0 Å². The lowest BCUT2D eigenvalue weighted by Crippen LogP contribution is -1.92. The monoisotopic (exact) mass is 1230 g/mol. The highest BCUT2D eigenvalue weighted by molar-refractivity contribution is 6.11. The van der Waals surface area contributed by atoms with Crippen LogP contribution < -0.4 is 0 Å². The van der Waals surface area contributed by atoms with E-state index in [1.165, 1.54) is 25.3 Å². The summed E-state index contributed by atoms with van der Waals surface area (Å²) in [5.41, 5.74) is 21.6. The van der Waals surface area contributed by atoms with E-state index in [1.54, 1.807) is 0 Å². The lowest BCUT2D eigenvalue weighted by Gasteiger charge is -2.13. The first-order valence-electron chi connectivity index (χ1n) is 31.3. The van der Waals surface area contributed by atoms with Crippen molar-refractivity contribution < 1.29 is 0 Å². The van der Waals surface area contributed by atoms with Crippen molar-refractivity contribution in [3.8, 4) is 90.2 Å². The third-order valence-electron chi connectivity index (χ3n) is 17.7. The van der Waals surface area contributed by atoms with Gasteiger partial charge >= 0.3 is 0 Å². The van der Waals surface area contributed by atoms with Gasteiger partial charge < -0.3 is 0 Å². The molecule has 0 saturated carbocycles. The number of fused-ring (bicyclic) bond motifs is 11. The molecule has 0 bridgehead atoms. The largest absolute Gasteiger partial charge is 0.254 e. The predicted octanol–water partition coefficient (Wildman–Crippen LogP) is 18.6. The fraction of sp³-hybridized carbons (Fsp3) is 0. The van der Waals surface area contributed by atoms with Gasteiger partial charge in [-0.05, 0) is 147 Å². The van der Waals surface area contributed by atoms with E-state index < -0.39 is 0 Å². The molecule has 0 spiro atoms. The van der Waals surface area contributed by atoms with Crippen LogP contribution in [0.5, 0.6) is 0 Å². The van der Waals surface area contributed by atoms with E-state index in [0.29, 0.717) is 11.6 Å². The van der Waals surface area contributed by atoms with Crippen LogP contribution in [-0.4, -0.2) is 69.8 Å². The fourth-order valence-electron chi connectivity index (χ4n) is 13.0. The third kappa shape index (κ3) is 10.2. The molecule has 0 amide bonds. The van der Waals surface area contributed by atoms with Gasteiger partial charge in [0.05, 0.1) is 61.2 Å². The van der Waals surface area contributed by atoms with E-state index in [1.807, 2.05) is 61.1 Å². The molecule has 19 rings (SSSR count). The summed E-state index contributed by atoms with van der Waals surface area (Å²) in [4.78, 5) is 63.4. The van der Waals surface area contributed by atoms with Gasteiger partial charge in [-0.3, -0.25) is 15.0 Å². The smallest absolute Gasteiger partial charge is 0.181 e. The molecular formula is C82H48N14. The molecule has 19 aromatic rings. The molecule has 14 nitrogen and oxygen atoms in total. The maximum Gasteiger partial charge on any atom is 0.181 e. The zero-order valence-corrected chi connectivity index (χ0v) is 51.0. The van der Waals surface area contributed by atoms with Crippen molar-refractivity contribution >= 4 is 98.0 Å². The van der Waals surface area contributed by atoms with E-state index in [-0.39, 0.29) is 0 Å². The molecule has 10 heterocycles. The Morgan fingerprint density at radius 1 is 0.198 bits per heavy atom. The Morgan fingerprint density at radius 2 is 0.573 bits per heavy atom. The van der Waals surface area contributed by atoms with E-state index in [0.717, 1.165) is 177 Å². The second-order valence-electron chi connectivity index (χ2n) is 23.4. The lowest BCUT2D eigenvalue weighted by atomic mass is 9.95. The maximum atomic E-state index is 5.15. The first-order chi connectivity index (χ1) is 47.5. The molecule has 96 heavy (non-hydrogen) atoms. The molecule has 0 radical (unpaired) electrons. The Kier molecular flexibility index (Phi) is 13.5. The van der Waals surface area contributed by atoms with Gasteiger partial charge in [0.1, 0.15) is 36.7 Å². The molecule has 0 aliphatic carbocycles. The summed E-state index contributed by atoms with van der Waals surface area (Å²) in [6.45, 7) is 0. The van der Waals surface area contributed by atoms with Gasteiger partial charge in [-0.1, -0.05) is 146 Å². The van der Waals surface area contributed by atoms with Crippen LogP contribution in [0.1, 0.15) is 0 Å². The standard InChI is InChI=1S/C43H25N7.C39H23N7/c1-2-6-33-32(5-1)34(14-15-35(33)39-18-9-27-8-7-26-4-3-21-45-41(26)42(27)50-39)38-19-12-30-22-28(10-16-36(30)48-38)29-11-17-37-31(23-29)13-20-40(49-37)43-46-24-44-25-47-43;1-3-30-21-32(31-4-2-18-42-38(31)37(30)41-17-1)24-5-7-25(8-6-24)33-15-11-28-19-26(9-13-34(28)45-33)27-10-14-35-29(20-27)12-16-36(46-35)39-43-22-40-23-44-39/h1-25H;1-23H. The molecule has 0 N–H and O–H groups in total. The summed E-state index contributed by atoms with van der Waals surface area (Å²) in [6, 6.07) is 86.3. The number of rotatable bonds is 8. The minimum absolute atomic E-state index is 0.560. The SMILES string of the molecule is c1cnc2c(c1)cc(-c1ccc(-c3ccc4cc(-c5ccc6nc(-c7ncncn7)ccc6c5)ccc4n3)cc1)c1cccnc12.c1cnc2c(c1)ccc1ccc(-c3ccc(-c4ccc5cc(-c6ccc7nc(-c8ncncn8)ccc7c6)ccc5n4)c4ccccc34)nc12. The maximum absolute atomic E-state index is 5.15. The van der Waals surface area contributed by atoms with E-state index in [9.17, 15) is 0 Å². The van der Waals surface area contributed by atoms with Crippen LogP contribution in [-0.2, 0) is 0 Å². The minimum atomic E-state index is 0.560. The van der Waals surface area contributed by atoms with Gasteiger partial charge in [0, 0.05) is 78.4 Å². The van der Waals surface area contributed by atoms with Gasteiger partial charge in [0.25, 0.3) is 0 Å². The molecule has 14 heteroatoms. The Morgan fingerprint density at radius 3 is 1.10 bits per heavy atom. The first kappa shape index (κ1) is 55.4. The quantitative estimate of drug-likeness (QED) is 0.131. The van der Waals surface area contributed by atoms with Crippen LogP contribution in [0, 0.1) is 0 Å². The van der Waals surface area contributed by atoms with Crippen molar-refractivity contribution in [1.82, 2.24) is 69.8 Å². The van der Waals surface area contributed by atoms with Crippen molar-refractivity contribution in [2.45, 2.75) is 0 Å². The van der Waals surface area contributed by atoms with Crippen LogP contribution in [0.15, 0.2) is 293 Å². The van der Waals surface area contributed by atoms with Gasteiger partial charge in [-0.25, -0.2) is 54.8 Å². The zero-order chi connectivity index (χ0) is 63.5. The van der Waals surface area contributed by atoms with Crippen LogP contribution >= 0.6 is 0 Å². The molecule has 0 unspecified atom stereocenters. The van der Waals surface area contributed by atoms with Gasteiger partial charge in [-0.2, -0.15) is 0 Å². The molecular weight excluding hydrogens is 1180 g/mol. The van der Waals surface area contributed by atoms with Crippen molar-refractivity contribution in [3.63, 3.8) is 0 Å². The average Bonchev–Trinajstić information content (AvgIpc) is 0.787. The summed E-state index contributed by atoms with van der Waals surface area (Å²) < 4.78 is 0. The topological polar surface area (TPSA) is 180 Å². The second kappa shape index (κ2) is 23.3. The molecule has 0 saturated heterocycles. The van der Waals surface area contributed by atoms with Gasteiger partial charge in [-0.15, -0.1) is 0 Å². The number of aromatic nitrogens is 14. The Hall–Kier alpha value is -13.5. The molecule has 446 valence electrons. The predicted molar refractivity (Wildman–Crippen MR) is 383 cm³/mol. The summed E-state index contributed by atoms with van der Waals surface area (Å²) in [5.74, 6) is 1.12. The van der Waals surface area contributed by atoms with E-state index >= 15 is 0 Å². The second-order valence-corrected chi connectivity index (χ2v) is 23.4. The van der Waals surface area contributed by atoms with Crippen molar-refractivity contribution in [1.29, 1.82) is 0 Å². The van der Waals surface area contributed by atoms with Crippen molar-refractivity contribution in [3.05, 3.63) is 293 Å². The van der Waals surface area contributed by atoms with Crippen LogP contribution in [0.25, 0.3) is 188 Å². The van der Waals surface area contributed by atoms with E-state index in [2.05, 4.69) is 251 Å². The van der Waals surface area contributed by atoms with Gasteiger partial charge in [0.15, 0.2) is 11.6 Å². The molecule has 0 aliphatic heterocycles. The van der Waals surface area contributed by atoms with Crippen molar-refractivity contribution in [2.75, 3.05) is 0 Å². The van der Waals surface area contributed by atoms with E-state index in [4.69, 9.17) is 24.9 Å². The molecule has 0 atom stereocenters. The van der Waals surface area contributed by atoms with Crippen LogP contribution in [0.4, 0.5) is 0 Å². The molecule has 10 aromatic heterocycles. The third-order valence-corrected chi connectivity index (χ3v) is 17.7.